The third-order valence-corrected chi connectivity index (χ3v) is 2.84. The molecule has 15 heavy (non-hydrogen) atoms. The molecule has 0 amide bonds. The summed E-state index contributed by atoms with van der Waals surface area (Å²) >= 11 is 6.34. The Morgan fingerprint density at radius 2 is 1.60 bits per heavy atom. The van der Waals surface area contributed by atoms with Crippen LogP contribution in [-0.4, -0.2) is 0 Å². The van der Waals surface area contributed by atoms with Crippen molar-refractivity contribution < 1.29 is 0 Å². The van der Waals surface area contributed by atoms with Gasteiger partial charge in [-0.15, -0.1) is 0 Å². The molecule has 0 atom stereocenters. The van der Waals surface area contributed by atoms with E-state index in [9.17, 15) is 0 Å². The summed E-state index contributed by atoms with van der Waals surface area (Å²) in [6.45, 7) is 4.36. The molecule has 1 aromatic carbocycles. The van der Waals surface area contributed by atoms with Gasteiger partial charge in [-0.05, 0) is 24.0 Å². The van der Waals surface area contributed by atoms with Gasteiger partial charge >= 0.3 is 0 Å². The van der Waals surface area contributed by atoms with Crippen molar-refractivity contribution in [2.24, 2.45) is 0 Å². The third kappa shape index (κ3) is 3.71. The lowest BCUT2D eigenvalue weighted by Gasteiger charge is -2.09. The zero-order valence-corrected chi connectivity index (χ0v) is 10.3. The van der Waals surface area contributed by atoms with Crippen LogP contribution in [0.4, 0.5) is 0 Å². The molecule has 0 N–H and O–H groups in total. The molecule has 0 aromatic heterocycles. The van der Waals surface area contributed by atoms with E-state index < -0.39 is 0 Å². The SMILES string of the molecule is CCC/C(Cl)=C(\CCC)c1ccccc1. The molecule has 82 valence electrons. The van der Waals surface area contributed by atoms with Crippen LogP contribution in [0.5, 0.6) is 0 Å². The van der Waals surface area contributed by atoms with Gasteiger partial charge in [0.2, 0.25) is 0 Å². The predicted molar refractivity (Wildman–Crippen MR) is 69.0 cm³/mol. The Hall–Kier alpha value is -0.750. The highest BCUT2D eigenvalue weighted by Gasteiger charge is 2.05. The average molecular weight is 223 g/mol. The van der Waals surface area contributed by atoms with Crippen LogP contribution in [0.3, 0.4) is 0 Å². The highest BCUT2D eigenvalue weighted by Crippen LogP contribution is 2.28. The molecule has 1 aromatic rings. The summed E-state index contributed by atoms with van der Waals surface area (Å²) in [6.07, 6.45) is 4.32. The van der Waals surface area contributed by atoms with Crippen molar-refractivity contribution in [1.29, 1.82) is 0 Å². The fourth-order valence-corrected chi connectivity index (χ4v) is 2.09. The van der Waals surface area contributed by atoms with Gasteiger partial charge in [-0.1, -0.05) is 68.6 Å². The Bertz CT molecular complexity index is 311. The molecule has 0 spiro atoms. The molecule has 0 bridgehead atoms. The van der Waals surface area contributed by atoms with Gasteiger partial charge < -0.3 is 0 Å². The van der Waals surface area contributed by atoms with E-state index in [1.54, 1.807) is 0 Å². The van der Waals surface area contributed by atoms with Crippen LogP contribution in [-0.2, 0) is 0 Å². The van der Waals surface area contributed by atoms with Crippen molar-refractivity contribution in [3.8, 4) is 0 Å². The summed E-state index contributed by atoms with van der Waals surface area (Å²) < 4.78 is 0. The molecular weight excluding hydrogens is 204 g/mol. The van der Waals surface area contributed by atoms with Crippen molar-refractivity contribution in [1.82, 2.24) is 0 Å². The Morgan fingerprint density at radius 3 is 2.13 bits per heavy atom. The van der Waals surface area contributed by atoms with Gasteiger partial charge in [0.1, 0.15) is 0 Å². The number of rotatable bonds is 5. The number of hydrogen-bond donors (Lipinski definition) is 0. The summed E-state index contributed by atoms with van der Waals surface area (Å²) in [5, 5.41) is 1.03. The van der Waals surface area contributed by atoms with Crippen LogP contribution in [0, 0.1) is 0 Å². The smallest absolute Gasteiger partial charge is 0.0218 e. The van der Waals surface area contributed by atoms with Gasteiger partial charge in [-0.2, -0.15) is 0 Å². The highest BCUT2D eigenvalue weighted by atomic mass is 35.5. The molecule has 0 saturated heterocycles. The minimum absolute atomic E-state index is 0.992. The number of benzene rings is 1. The third-order valence-electron chi connectivity index (χ3n) is 2.42. The van der Waals surface area contributed by atoms with E-state index in [-0.39, 0.29) is 0 Å². The van der Waals surface area contributed by atoms with E-state index in [4.69, 9.17) is 11.6 Å². The van der Waals surface area contributed by atoms with E-state index in [2.05, 4.69) is 38.1 Å². The van der Waals surface area contributed by atoms with E-state index in [1.807, 2.05) is 6.07 Å². The van der Waals surface area contributed by atoms with E-state index in [1.165, 1.54) is 11.1 Å². The zero-order chi connectivity index (χ0) is 11.1. The molecule has 0 heterocycles. The molecule has 0 unspecified atom stereocenters. The van der Waals surface area contributed by atoms with Gasteiger partial charge in [-0.25, -0.2) is 0 Å². The summed E-state index contributed by atoms with van der Waals surface area (Å²) in [4.78, 5) is 0. The maximum atomic E-state index is 6.34. The van der Waals surface area contributed by atoms with Gasteiger partial charge in [-0.3, -0.25) is 0 Å². The second-order valence-corrected chi connectivity index (χ2v) is 4.21. The fraction of sp³-hybridized carbons (Fsp3) is 0.429. The predicted octanol–water partition coefficient (Wildman–Crippen LogP) is 5.24. The molecular formula is C14H19Cl. The minimum Gasteiger partial charge on any atom is -0.0888 e. The Kier molecular flexibility index (Phi) is 5.49. The second-order valence-electron chi connectivity index (χ2n) is 3.75. The van der Waals surface area contributed by atoms with Crippen molar-refractivity contribution in [3.05, 3.63) is 40.9 Å². The second kappa shape index (κ2) is 6.68. The van der Waals surface area contributed by atoms with Crippen LogP contribution < -0.4 is 0 Å². The van der Waals surface area contributed by atoms with Gasteiger partial charge in [0, 0.05) is 5.03 Å². The summed E-state index contributed by atoms with van der Waals surface area (Å²) in [6, 6.07) is 10.5. The first-order valence-corrected chi connectivity index (χ1v) is 6.10. The fourth-order valence-electron chi connectivity index (χ4n) is 1.70. The standard InChI is InChI=1S/C14H19Cl/c1-3-8-13(14(15)9-4-2)12-10-6-5-7-11-12/h5-7,10-11H,3-4,8-9H2,1-2H3/b14-13-. The first-order valence-electron chi connectivity index (χ1n) is 5.72. The molecule has 0 radical (unpaired) electrons. The van der Waals surface area contributed by atoms with Gasteiger partial charge in [0.15, 0.2) is 0 Å². The first-order chi connectivity index (χ1) is 7.29. The maximum Gasteiger partial charge on any atom is 0.0218 e. The first kappa shape index (κ1) is 12.3. The lowest BCUT2D eigenvalue weighted by molar-refractivity contribution is 0.921. The minimum atomic E-state index is 0.992. The quantitative estimate of drug-likeness (QED) is 0.640. The van der Waals surface area contributed by atoms with Crippen molar-refractivity contribution >= 4 is 17.2 Å². The normalized spacial score (nSPS) is 12.5. The van der Waals surface area contributed by atoms with E-state index >= 15 is 0 Å². The average Bonchev–Trinajstić information content (AvgIpc) is 2.27. The Labute approximate surface area is 98.0 Å². The summed E-state index contributed by atoms with van der Waals surface area (Å²) in [5.41, 5.74) is 2.60. The highest BCUT2D eigenvalue weighted by molar-refractivity contribution is 6.32. The Morgan fingerprint density at radius 1 is 1.00 bits per heavy atom. The van der Waals surface area contributed by atoms with Crippen LogP contribution in [0.1, 0.15) is 45.1 Å². The molecule has 1 rings (SSSR count). The molecule has 1 heteroatoms. The van der Waals surface area contributed by atoms with E-state index in [0.717, 1.165) is 30.7 Å². The number of hydrogen-bond acceptors (Lipinski definition) is 0. The van der Waals surface area contributed by atoms with Gasteiger partial charge in [0.25, 0.3) is 0 Å². The zero-order valence-electron chi connectivity index (χ0n) is 9.59. The molecule has 0 fully saturated rings. The van der Waals surface area contributed by atoms with E-state index in [0.29, 0.717) is 0 Å². The molecule has 0 saturated carbocycles. The summed E-state index contributed by atoms with van der Waals surface area (Å²) in [5.74, 6) is 0. The van der Waals surface area contributed by atoms with Gasteiger partial charge in [0.05, 0.1) is 0 Å². The maximum absolute atomic E-state index is 6.34. The van der Waals surface area contributed by atoms with Crippen molar-refractivity contribution in [2.75, 3.05) is 0 Å². The van der Waals surface area contributed by atoms with Crippen LogP contribution >= 0.6 is 11.6 Å². The van der Waals surface area contributed by atoms with Crippen LogP contribution in [0.15, 0.2) is 35.4 Å². The molecule has 0 aliphatic heterocycles. The molecule has 0 nitrogen and oxygen atoms in total. The molecule has 0 aliphatic rings. The number of halogens is 1. The van der Waals surface area contributed by atoms with Crippen LogP contribution in [0.25, 0.3) is 5.57 Å². The van der Waals surface area contributed by atoms with Crippen LogP contribution in [0.2, 0.25) is 0 Å². The summed E-state index contributed by atoms with van der Waals surface area (Å²) in [7, 11) is 0. The Balaban J connectivity index is 2.97. The lowest BCUT2D eigenvalue weighted by Crippen LogP contribution is -1.88. The van der Waals surface area contributed by atoms with Crippen molar-refractivity contribution in [2.45, 2.75) is 39.5 Å². The number of allylic oxidation sites excluding steroid dienone is 2. The largest absolute Gasteiger partial charge is 0.0888 e. The topological polar surface area (TPSA) is 0 Å². The lowest BCUT2D eigenvalue weighted by atomic mass is 10.00. The monoisotopic (exact) mass is 222 g/mol. The molecule has 0 aliphatic carbocycles. The van der Waals surface area contributed by atoms with Crippen molar-refractivity contribution in [3.63, 3.8) is 0 Å².